The van der Waals surface area contributed by atoms with Crippen molar-refractivity contribution in [1.82, 2.24) is 10.6 Å². The van der Waals surface area contributed by atoms with Gasteiger partial charge >= 0.3 is 12.1 Å². The molecule has 0 aromatic heterocycles. The van der Waals surface area contributed by atoms with Crippen molar-refractivity contribution in [2.75, 3.05) is 19.1 Å². The molecule has 2 atom stereocenters. The van der Waals surface area contributed by atoms with Crippen molar-refractivity contribution in [1.29, 1.82) is 0 Å². The number of carbonyl (C=O) groups excluding carboxylic acids is 3. The summed E-state index contributed by atoms with van der Waals surface area (Å²) >= 11 is 0. The lowest BCUT2D eigenvalue weighted by atomic mass is 10.0. The van der Waals surface area contributed by atoms with Gasteiger partial charge in [-0.05, 0) is 39.5 Å². The fourth-order valence-electron chi connectivity index (χ4n) is 2.15. The van der Waals surface area contributed by atoms with Gasteiger partial charge in [-0.3, -0.25) is 4.79 Å². The number of amides is 2. The number of rotatable bonds is 9. The van der Waals surface area contributed by atoms with Crippen molar-refractivity contribution < 1.29 is 32.3 Å². The first kappa shape index (κ1) is 25.2. The van der Waals surface area contributed by atoms with Crippen LogP contribution in [0.4, 0.5) is 4.79 Å². The molecule has 0 radical (unpaired) electrons. The third-order valence-corrected chi connectivity index (χ3v) is 4.27. The smallest absolute Gasteiger partial charge is 0.408 e. The van der Waals surface area contributed by atoms with E-state index in [-0.39, 0.29) is 18.1 Å². The zero-order valence-electron chi connectivity index (χ0n) is 17.1. The zero-order chi connectivity index (χ0) is 21.4. The van der Waals surface area contributed by atoms with E-state index in [4.69, 9.17) is 4.74 Å². The average molecular weight is 409 g/mol. The maximum Gasteiger partial charge on any atom is 0.408 e. The van der Waals surface area contributed by atoms with Gasteiger partial charge in [0.25, 0.3) is 0 Å². The number of methoxy groups -OCH3 is 1. The molecule has 0 saturated heterocycles. The van der Waals surface area contributed by atoms with E-state index in [0.717, 1.165) is 13.4 Å². The summed E-state index contributed by atoms with van der Waals surface area (Å²) < 4.78 is 32.5. The van der Waals surface area contributed by atoms with Crippen LogP contribution in [0.25, 0.3) is 0 Å². The summed E-state index contributed by atoms with van der Waals surface area (Å²) in [7, 11) is -2.18. The zero-order valence-corrected chi connectivity index (χ0v) is 17.9. The Morgan fingerprint density at radius 3 is 2.00 bits per heavy atom. The van der Waals surface area contributed by atoms with Gasteiger partial charge in [-0.15, -0.1) is 0 Å². The van der Waals surface area contributed by atoms with Gasteiger partial charge in [0.15, 0.2) is 0 Å². The molecule has 2 amide bonds. The number of nitrogens with one attached hydrogen (secondary N) is 2. The molecule has 0 saturated carbocycles. The molecule has 158 valence electrons. The molecule has 0 aliphatic carbocycles. The van der Waals surface area contributed by atoms with Crippen LogP contribution < -0.4 is 10.6 Å². The van der Waals surface area contributed by atoms with Crippen LogP contribution in [-0.4, -0.2) is 63.2 Å². The van der Waals surface area contributed by atoms with Crippen LogP contribution in [0.5, 0.6) is 0 Å². The number of hydrogen-bond acceptors (Lipinski definition) is 7. The topological polar surface area (TPSA) is 128 Å². The van der Waals surface area contributed by atoms with Crippen molar-refractivity contribution in [2.24, 2.45) is 5.92 Å². The number of hydrogen-bond donors (Lipinski definition) is 2. The van der Waals surface area contributed by atoms with E-state index in [1.807, 2.05) is 13.8 Å². The Bertz CT molecular complexity index is 624. The van der Waals surface area contributed by atoms with E-state index in [1.165, 1.54) is 0 Å². The molecule has 0 aromatic rings. The molecule has 0 rings (SSSR count). The van der Waals surface area contributed by atoms with Crippen LogP contribution in [0.3, 0.4) is 0 Å². The van der Waals surface area contributed by atoms with Crippen LogP contribution in [0.1, 0.15) is 47.5 Å². The molecule has 0 bridgehead atoms. The first-order valence-corrected chi connectivity index (χ1v) is 10.8. The lowest BCUT2D eigenvalue weighted by molar-refractivity contribution is -0.145. The molecule has 0 fully saturated rings. The van der Waals surface area contributed by atoms with Gasteiger partial charge in [-0.1, -0.05) is 13.8 Å². The maximum absolute atomic E-state index is 12.6. The second-order valence-electron chi connectivity index (χ2n) is 7.83. The van der Waals surface area contributed by atoms with Gasteiger partial charge in [-0.2, -0.15) is 0 Å². The number of sulfone groups is 1. The summed E-state index contributed by atoms with van der Waals surface area (Å²) in [4.78, 5) is 36.5. The Hall–Kier alpha value is -1.84. The molecular formula is C17H32N2O7S. The molecule has 0 aliphatic heterocycles. The van der Waals surface area contributed by atoms with Crippen molar-refractivity contribution in [3.8, 4) is 0 Å². The quantitative estimate of drug-likeness (QED) is 0.545. The second-order valence-corrected chi connectivity index (χ2v) is 10.1. The van der Waals surface area contributed by atoms with Gasteiger partial charge in [0, 0.05) is 6.26 Å². The molecule has 0 aliphatic rings. The highest BCUT2D eigenvalue weighted by Crippen LogP contribution is 2.10. The summed E-state index contributed by atoms with van der Waals surface area (Å²) in [5.41, 5.74) is -0.729. The average Bonchev–Trinajstić information content (AvgIpc) is 2.46. The summed E-state index contributed by atoms with van der Waals surface area (Å²) in [5, 5.41) is 4.96. The Morgan fingerprint density at radius 2 is 1.59 bits per heavy atom. The lowest BCUT2D eigenvalue weighted by Gasteiger charge is -2.25. The molecular weight excluding hydrogens is 376 g/mol. The SMILES string of the molecule is COC(=O)[C@H](CCS(C)(=O)=O)NC(=O)[C@H](CC(C)C)NC(=O)OC(C)(C)C. The summed E-state index contributed by atoms with van der Waals surface area (Å²) in [5.74, 6) is -1.59. The number of esters is 1. The Morgan fingerprint density at radius 1 is 1.04 bits per heavy atom. The minimum atomic E-state index is -3.32. The van der Waals surface area contributed by atoms with Crippen LogP contribution in [0.15, 0.2) is 0 Å². The number of alkyl carbamates (subject to hydrolysis) is 1. The molecule has 27 heavy (non-hydrogen) atoms. The highest BCUT2D eigenvalue weighted by molar-refractivity contribution is 7.90. The summed E-state index contributed by atoms with van der Waals surface area (Å²) in [6.45, 7) is 8.84. The summed E-state index contributed by atoms with van der Waals surface area (Å²) in [6, 6.07) is -2.07. The third-order valence-electron chi connectivity index (χ3n) is 3.29. The lowest BCUT2D eigenvalue weighted by Crippen LogP contribution is -2.53. The fourth-order valence-corrected chi connectivity index (χ4v) is 2.81. The van der Waals surface area contributed by atoms with Crippen LogP contribution in [0, 0.1) is 5.92 Å². The number of ether oxygens (including phenoxy) is 2. The predicted octanol–water partition coefficient (Wildman–Crippen LogP) is 1.02. The summed E-state index contributed by atoms with van der Waals surface area (Å²) in [6.07, 6.45) is 0.465. The van der Waals surface area contributed by atoms with Gasteiger partial charge in [0.1, 0.15) is 27.5 Å². The molecule has 9 nitrogen and oxygen atoms in total. The highest BCUT2D eigenvalue weighted by atomic mass is 32.2. The molecule has 10 heteroatoms. The minimum Gasteiger partial charge on any atom is -0.467 e. The molecule has 0 unspecified atom stereocenters. The van der Waals surface area contributed by atoms with Crippen LogP contribution >= 0.6 is 0 Å². The Labute approximate surface area is 161 Å². The first-order valence-electron chi connectivity index (χ1n) is 8.70. The third kappa shape index (κ3) is 12.2. The van der Waals surface area contributed by atoms with Crippen molar-refractivity contribution >= 4 is 27.8 Å². The van der Waals surface area contributed by atoms with E-state index in [0.29, 0.717) is 6.42 Å². The maximum atomic E-state index is 12.6. The number of carbonyl (C=O) groups is 3. The standard InChI is InChI=1S/C17H32N2O7S/c1-11(2)10-13(19-16(22)26-17(3,4)5)14(20)18-12(15(21)25-6)8-9-27(7,23)24/h11-13H,8-10H2,1-7H3,(H,18,20)(H,19,22)/t12-,13-/m0/s1. The Balaban J connectivity index is 5.20. The van der Waals surface area contributed by atoms with Gasteiger partial charge < -0.3 is 20.1 Å². The monoisotopic (exact) mass is 408 g/mol. The van der Waals surface area contributed by atoms with E-state index >= 15 is 0 Å². The molecule has 0 aromatic carbocycles. The largest absolute Gasteiger partial charge is 0.467 e. The van der Waals surface area contributed by atoms with Crippen LogP contribution in [0.2, 0.25) is 0 Å². The first-order chi connectivity index (χ1) is 12.1. The van der Waals surface area contributed by atoms with Crippen LogP contribution in [-0.2, 0) is 28.9 Å². The minimum absolute atomic E-state index is 0.0725. The van der Waals surface area contributed by atoms with E-state index in [2.05, 4.69) is 15.4 Å². The Kier molecular flexibility index (Phi) is 9.77. The van der Waals surface area contributed by atoms with E-state index in [1.54, 1.807) is 20.8 Å². The predicted molar refractivity (Wildman–Crippen MR) is 101 cm³/mol. The van der Waals surface area contributed by atoms with E-state index in [9.17, 15) is 22.8 Å². The van der Waals surface area contributed by atoms with Gasteiger partial charge in [-0.25, -0.2) is 18.0 Å². The highest BCUT2D eigenvalue weighted by Gasteiger charge is 2.29. The normalized spacial score (nSPS) is 14.2. The molecule has 2 N–H and O–H groups in total. The van der Waals surface area contributed by atoms with Crippen molar-refractivity contribution in [3.05, 3.63) is 0 Å². The van der Waals surface area contributed by atoms with Crippen molar-refractivity contribution in [3.63, 3.8) is 0 Å². The van der Waals surface area contributed by atoms with Crippen molar-refractivity contribution in [2.45, 2.75) is 65.1 Å². The fraction of sp³-hybridized carbons (Fsp3) is 0.824. The van der Waals surface area contributed by atoms with Gasteiger partial charge in [0.05, 0.1) is 12.9 Å². The second kappa shape index (κ2) is 10.5. The molecule has 0 heterocycles. The molecule has 0 spiro atoms. The van der Waals surface area contributed by atoms with E-state index < -0.39 is 45.5 Å². The van der Waals surface area contributed by atoms with Gasteiger partial charge in [0.2, 0.25) is 5.91 Å².